The lowest BCUT2D eigenvalue weighted by atomic mass is 10.0. The SMILES string of the molecule is O=C(CN1CC(c2nc(-c3cnccn3)no2)C1)NCCc1ccccc1. The molecule has 0 saturated carbocycles. The number of likely N-dealkylation sites (tertiary alicyclic amines) is 1. The van der Waals surface area contributed by atoms with E-state index < -0.39 is 0 Å². The standard InChI is InChI=1S/C19H20N6O2/c26-17(22-7-6-14-4-2-1-3-5-14)13-25-11-15(12-25)19-23-18(24-27-19)16-10-20-8-9-21-16/h1-5,8-10,15H,6-7,11-13H2,(H,22,26). The van der Waals surface area contributed by atoms with Crippen molar-refractivity contribution in [3.05, 3.63) is 60.4 Å². The Morgan fingerprint density at radius 3 is 2.85 bits per heavy atom. The summed E-state index contributed by atoms with van der Waals surface area (Å²) in [6, 6.07) is 10.1. The zero-order valence-corrected chi connectivity index (χ0v) is 14.8. The van der Waals surface area contributed by atoms with Gasteiger partial charge in [-0.3, -0.25) is 14.7 Å². The first-order chi connectivity index (χ1) is 13.3. The molecule has 1 aliphatic heterocycles. The molecule has 3 aromatic rings. The highest BCUT2D eigenvalue weighted by atomic mass is 16.5. The molecule has 8 heteroatoms. The molecule has 0 radical (unpaired) electrons. The van der Waals surface area contributed by atoms with Crippen molar-refractivity contribution in [2.45, 2.75) is 12.3 Å². The van der Waals surface area contributed by atoms with Crippen LogP contribution in [0.4, 0.5) is 0 Å². The molecule has 4 rings (SSSR count). The summed E-state index contributed by atoms with van der Waals surface area (Å²) in [5.41, 5.74) is 1.80. The summed E-state index contributed by atoms with van der Waals surface area (Å²) >= 11 is 0. The monoisotopic (exact) mass is 364 g/mol. The van der Waals surface area contributed by atoms with Gasteiger partial charge >= 0.3 is 0 Å². The Morgan fingerprint density at radius 2 is 2.07 bits per heavy atom. The van der Waals surface area contributed by atoms with Crippen molar-refractivity contribution in [3.8, 4) is 11.5 Å². The Bertz CT molecular complexity index is 877. The van der Waals surface area contributed by atoms with Gasteiger partial charge in [0.15, 0.2) is 0 Å². The van der Waals surface area contributed by atoms with Crippen LogP contribution in [0.3, 0.4) is 0 Å². The lowest BCUT2D eigenvalue weighted by Gasteiger charge is -2.36. The minimum atomic E-state index is 0.0372. The van der Waals surface area contributed by atoms with Crippen molar-refractivity contribution in [3.63, 3.8) is 0 Å². The first-order valence-corrected chi connectivity index (χ1v) is 8.91. The molecule has 0 aliphatic carbocycles. The normalized spacial score (nSPS) is 14.7. The zero-order valence-electron chi connectivity index (χ0n) is 14.8. The highest BCUT2D eigenvalue weighted by Crippen LogP contribution is 2.26. The Hall–Kier alpha value is -3.13. The number of nitrogens with zero attached hydrogens (tertiary/aromatic N) is 5. The quantitative estimate of drug-likeness (QED) is 0.674. The number of carbonyl (C=O) groups excluding carboxylic acids is 1. The highest BCUT2D eigenvalue weighted by molar-refractivity contribution is 5.78. The van der Waals surface area contributed by atoms with E-state index in [1.807, 2.05) is 18.2 Å². The minimum Gasteiger partial charge on any atom is -0.355 e. The molecule has 1 aliphatic rings. The average molecular weight is 364 g/mol. The zero-order chi connectivity index (χ0) is 18.5. The highest BCUT2D eigenvalue weighted by Gasteiger charge is 2.33. The fraction of sp³-hybridized carbons (Fsp3) is 0.316. The van der Waals surface area contributed by atoms with Crippen LogP contribution in [-0.4, -0.2) is 57.1 Å². The van der Waals surface area contributed by atoms with Gasteiger partial charge in [-0.15, -0.1) is 0 Å². The molecular weight excluding hydrogens is 344 g/mol. The summed E-state index contributed by atoms with van der Waals surface area (Å²) in [4.78, 5) is 26.7. The van der Waals surface area contributed by atoms with Crippen molar-refractivity contribution in [2.75, 3.05) is 26.2 Å². The molecule has 27 heavy (non-hydrogen) atoms. The smallest absolute Gasteiger partial charge is 0.234 e. The molecule has 0 spiro atoms. The van der Waals surface area contributed by atoms with Crippen LogP contribution in [-0.2, 0) is 11.2 Å². The van der Waals surface area contributed by atoms with Gasteiger partial charge in [0.25, 0.3) is 0 Å². The number of nitrogens with one attached hydrogen (secondary N) is 1. The van der Waals surface area contributed by atoms with Gasteiger partial charge in [0.1, 0.15) is 5.69 Å². The van der Waals surface area contributed by atoms with Gasteiger partial charge in [-0.2, -0.15) is 4.98 Å². The number of amides is 1. The van der Waals surface area contributed by atoms with E-state index in [0.717, 1.165) is 19.5 Å². The summed E-state index contributed by atoms with van der Waals surface area (Å²) in [5, 5.41) is 6.92. The number of hydrogen-bond donors (Lipinski definition) is 1. The molecular formula is C19H20N6O2. The number of rotatable bonds is 7. The van der Waals surface area contributed by atoms with Crippen molar-refractivity contribution >= 4 is 5.91 Å². The van der Waals surface area contributed by atoms with Crippen LogP contribution in [0, 0.1) is 0 Å². The predicted octanol–water partition coefficient (Wildman–Crippen LogP) is 1.28. The first-order valence-electron chi connectivity index (χ1n) is 8.91. The lowest BCUT2D eigenvalue weighted by molar-refractivity contribution is -0.123. The van der Waals surface area contributed by atoms with E-state index >= 15 is 0 Å². The second-order valence-electron chi connectivity index (χ2n) is 6.52. The summed E-state index contributed by atoms with van der Waals surface area (Å²) < 4.78 is 5.33. The fourth-order valence-electron chi connectivity index (χ4n) is 3.02. The molecule has 138 valence electrons. The fourth-order valence-corrected chi connectivity index (χ4v) is 3.02. The van der Waals surface area contributed by atoms with Crippen LogP contribution in [0.25, 0.3) is 11.5 Å². The number of aromatic nitrogens is 4. The molecule has 0 atom stereocenters. The molecule has 1 amide bonds. The molecule has 1 aromatic carbocycles. The summed E-state index contributed by atoms with van der Waals surface area (Å²) in [6.07, 6.45) is 5.62. The number of benzene rings is 1. The van der Waals surface area contributed by atoms with E-state index in [1.165, 1.54) is 5.56 Å². The van der Waals surface area contributed by atoms with E-state index in [9.17, 15) is 4.79 Å². The maximum atomic E-state index is 12.0. The Balaban J connectivity index is 1.20. The number of carbonyl (C=O) groups is 1. The minimum absolute atomic E-state index is 0.0372. The van der Waals surface area contributed by atoms with E-state index in [-0.39, 0.29) is 11.8 Å². The second-order valence-corrected chi connectivity index (χ2v) is 6.52. The molecule has 0 unspecified atom stereocenters. The van der Waals surface area contributed by atoms with E-state index in [2.05, 4.69) is 42.5 Å². The van der Waals surface area contributed by atoms with Crippen molar-refractivity contribution in [1.29, 1.82) is 0 Å². The van der Waals surface area contributed by atoms with Crippen LogP contribution < -0.4 is 5.32 Å². The molecule has 0 bridgehead atoms. The van der Waals surface area contributed by atoms with Gasteiger partial charge in [-0.05, 0) is 12.0 Å². The second kappa shape index (κ2) is 8.05. The van der Waals surface area contributed by atoms with E-state index in [0.29, 0.717) is 30.5 Å². The Morgan fingerprint density at radius 1 is 1.22 bits per heavy atom. The maximum Gasteiger partial charge on any atom is 0.234 e. The third-order valence-electron chi connectivity index (χ3n) is 4.49. The summed E-state index contributed by atoms with van der Waals surface area (Å²) in [6.45, 7) is 2.49. The van der Waals surface area contributed by atoms with Crippen LogP contribution in [0.15, 0.2) is 53.4 Å². The van der Waals surface area contributed by atoms with Gasteiger partial charge < -0.3 is 9.84 Å². The van der Waals surface area contributed by atoms with Gasteiger partial charge in [0.2, 0.25) is 17.6 Å². The molecule has 2 aromatic heterocycles. The third kappa shape index (κ3) is 4.35. The maximum absolute atomic E-state index is 12.0. The largest absolute Gasteiger partial charge is 0.355 e. The van der Waals surface area contributed by atoms with Crippen molar-refractivity contribution in [2.24, 2.45) is 0 Å². The average Bonchev–Trinajstić information content (AvgIpc) is 3.15. The van der Waals surface area contributed by atoms with Crippen LogP contribution in [0.2, 0.25) is 0 Å². The van der Waals surface area contributed by atoms with E-state index in [1.54, 1.807) is 18.6 Å². The Kier molecular flexibility index (Phi) is 5.15. The number of hydrogen-bond acceptors (Lipinski definition) is 7. The topological polar surface area (TPSA) is 97.0 Å². The van der Waals surface area contributed by atoms with Crippen molar-refractivity contribution in [1.82, 2.24) is 30.3 Å². The molecule has 8 nitrogen and oxygen atoms in total. The molecule has 1 fully saturated rings. The van der Waals surface area contributed by atoms with Crippen LogP contribution in [0.5, 0.6) is 0 Å². The van der Waals surface area contributed by atoms with Gasteiger partial charge in [-0.1, -0.05) is 35.5 Å². The van der Waals surface area contributed by atoms with E-state index in [4.69, 9.17) is 4.52 Å². The van der Waals surface area contributed by atoms with Crippen LogP contribution >= 0.6 is 0 Å². The van der Waals surface area contributed by atoms with Gasteiger partial charge in [0, 0.05) is 32.0 Å². The summed E-state index contributed by atoms with van der Waals surface area (Å²) in [7, 11) is 0. The third-order valence-corrected chi connectivity index (χ3v) is 4.49. The summed E-state index contributed by atoms with van der Waals surface area (Å²) in [5.74, 6) is 1.21. The van der Waals surface area contributed by atoms with Crippen LogP contribution in [0.1, 0.15) is 17.4 Å². The molecule has 1 saturated heterocycles. The Labute approximate surface area is 156 Å². The van der Waals surface area contributed by atoms with Crippen molar-refractivity contribution < 1.29 is 9.32 Å². The van der Waals surface area contributed by atoms with Gasteiger partial charge in [0.05, 0.1) is 18.7 Å². The lowest BCUT2D eigenvalue weighted by Crippen LogP contribution is -2.49. The predicted molar refractivity (Wildman–Crippen MR) is 97.7 cm³/mol. The van der Waals surface area contributed by atoms with Gasteiger partial charge in [-0.25, -0.2) is 4.98 Å². The first kappa shape index (κ1) is 17.3. The molecule has 1 N–H and O–H groups in total. The molecule has 3 heterocycles.